The van der Waals surface area contributed by atoms with Crippen LogP contribution in [0.25, 0.3) is 0 Å². The number of benzene rings is 1. The summed E-state index contributed by atoms with van der Waals surface area (Å²) in [5, 5.41) is 0. The van der Waals surface area contributed by atoms with Crippen LogP contribution in [-0.4, -0.2) is 11.6 Å². The van der Waals surface area contributed by atoms with Gasteiger partial charge in [-0.25, -0.2) is 0 Å². The summed E-state index contributed by atoms with van der Waals surface area (Å²) in [5.74, 6) is 0.395. The fourth-order valence-electron chi connectivity index (χ4n) is 1.35. The Bertz CT molecular complexity index is 300. The van der Waals surface area contributed by atoms with Crippen LogP contribution < -0.4 is 5.73 Å². The van der Waals surface area contributed by atoms with Crippen molar-refractivity contribution in [1.29, 1.82) is 0 Å². The lowest BCUT2D eigenvalue weighted by Crippen LogP contribution is -2.16. The molecule has 1 rings (SSSR count). The first kappa shape index (κ1) is 12.1. The minimum Gasteiger partial charge on any atom is -0.393 e. The van der Waals surface area contributed by atoms with Crippen LogP contribution in [0.5, 0.6) is 0 Å². The predicted octanol–water partition coefficient (Wildman–Crippen LogP) is 2.52. The molecule has 2 nitrogen and oxygen atoms in total. The van der Waals surface area contributed by atoms with Crippen LogP contribution in [0.1, 0.15) is 18.9 Å². The van der Waals surface area contributed by atoms with Gasteiger partial charge in [0, 0.05) is 13.0 Å². The molecule has 1 unspecified atom stereocenters. The molecule has 2 N–H and O–H groups in total. The predicted molar refractivity (Wildman–Crippen MR) is 66.7 cm³/mol. The van der Waals surface area contributed by atoms with E-state index in [1.165, 1.54) is 5.56 Å². The molecule has 15 heavy (non-hydrogen) atoms. The van der Waals surface area contributed by atoms with Crippen molar-refractivity contribution in [3.8, 4) is 0 Å². The summed E-state index contributed by atoms with van der Waals surface area (Å²) in [7, 11) is 0. The van der Waals surface area contributed by atoms with Gasteiger partial charge < -0.3 is 10.5 Å². The minimum atomic E-state index is 0.395. The summed E-state index contributed by atoms with van der Waals surface area (Å²) in [6.07, 6.45) is 0.754. The second kappa shape index (κ2) is 6.53. The van der Waals surface area contributed by atoms with Gasteiger partial charge in [-0.3, -0.25) is 0 Å². The number of ether oxygens (including phenoxy) is 1. The summed E-state index contributed by atoms with van der Waals surface area (Å²) in [5.41, 5.74) is 6.65. The van der Waals surface area contributed by atoms with Crippen LogP contribution in [-0.2, 0) is 11.3 Å². The largest absolute Gasteiger partial charge is 0.393 e. The van der Waals surface area contributed by atoms with E-state index in [9.17, 15) is 0 Å². The van der Waals surface area contributed by atoms with Crippen molar-refractivity contribution in [2.45, 2.75) is 20.0 Å². The Morgan fingerprint density at radius 1 is 1.40 bits per heavy atom. The molecule has 0 aliphatic rings. The molecule has 0 aliphatic heterocycles. The minimum absolute atomic E-state index is 0.395. The molecule has 3 heteroatoms. The highest BCUT2D eigenvalue weighted by molar-refractivity contribution is 7.80. The number of nitrogens with two attached hydrogens (primary N) is 1. The summed E-state index contributed by atoms with van der Waals surface area (Å²) in [6.45, 7) is 3.44. The summed E-state index contributed by atoms with van der Waals surface area (Å²) in [4.78, 5) is 0.561. The average Bonchev–Trinajstić information content (AvgIpc) is 2.18. The van der Waals surface area contributed by atoms with Gasteiger partial charge in [-0.1, -0.05) is 49.5 Å². The van der Waals surface area contributed by atoms with Gasteiger partial charge >= 0.3 is 0 Å². The fraction of sp³-hybridized carbons (Fsp3) is 0.417. The molecule has 82 valence electrons. The fourth-order valence-corrected chi connectivity index (χ4v) is 1.64. The third kappa shape index (κ3) is 5.50. The highest BCUT2D eigenvalue weighted by Crippen LogP contribution is 2.06. The van der Waals surface area contributed by atoms with Crippen molar-refractivity contribution in [1.82, 2.24) is 0 Å². The zero-order valence-corrected chi connectivity index (χ0v) is 9.80. The van der Waals surface area contributed by atoms with Gasteiger partial charge in [-0.15, -0.1) is 0 Å². The normalized spacial score (nSPS) is 12.3. The van der Waals surface area contributed by atoms with E-state index in [-0.39, 0.29) is 0 Å². The zero-order chi connectivity index (χ0) is 11.1. The first-order chi connectivity index (χ1) is 7.18. The maximum absolute atomic E-state index is 5.57. The van der Waals surface area contributed by atoms with E-state index >= 15 is 0 Å². The number of hydrogen-bond donors (Lipinski definition) is 1. The molecule has 0 fully saturated rings. The Labute approximate surface area is 96.4 Å². The lowest BCUT2D eigenvalue weighted by atomic mass is 10.1. The molecule has 1 aromatic rings. The third-order valence-corrected chi connectivity index (χ3v) is 2.23. The second-order valence-corrected chi connectivity index (χ2v) is 4.30. The van der Waals surface area contributed by atoms with Crippen molar-refractivity contribution in [3.05, 3.63) is 35.9 Å². The SMILES string of the molecule is CC(COCc1ccccc1)CC(N)=S. The molecule has 0 heterocycles. The van der Waals surface area contributed by atoms with E-state index < -0.39 is 0 Å². The molecule has 1 atom stereocenters. The third-order valence-electron chi connectivity index (χ3n) is 2.06. The number of rotatable bonds is 6. The Morgan fingerprint density at radius 3 is 2.67 bits per heavy atom. The van der Waals surface area contributed by atoms with Crippen LogP contribution in [0.2, 0.25) is 0 Å². The van der Waals surface area contributed by atoms with Crippen LogP contribution in [0.4, 0.5) is 0 Å². The Kier molecular flexibility index (Phi) is 5.29. The van der Waals surface area contributed by atoms with Crippen molar-refractivity contribution in [3.63, 3.8) is 0 Å². The maximum atomic E-state index is 5.57. The van der Waals surface area contributed by atoms with Crippen molar-refractivity contribution < 1.29 is 4.74 Å². The molecular formula is C12H17NOS. The molecule has 0 aromatic heterocycles. The van der Waals surface area contributed by atoms with Gasteiger partial charge in [0.15, 0.2) is 0 Å². The van der Waals surface area contributed by atoms with Gasteiger partial charge in [0.1, 0.15) is 0 Å². The molecule has 0 amide bonds. The lowest BCUT2D eigenvalue weighted by molar-refractivity contribution is 0.0941. The van der Waals surface area contributed by atoms with Crippen LogP contribution in [0.15, 0.2) is 30.3 Å². The lowest BCUT2D eigenvalue weighted by Gasteiger charge is -2.10. The molecule has 0 saturated heterocycles. The van der Waals surface area contributed by atoms with Crippen LogP contribution >= 0.6 is 12.2 Å². The molecule has 0 aliphatic carbocycles. The Balaban J connectivity index is 2.19. The molecule has 0 spiro atoms. The van der Waals surface area contributed by atoms with Gasteiger partial charge in [0.05, 0.1) is 11.6 Å². The highest BCUT2D eigenvalue weighted by Gasteiger charge is 2.03. The van der Waals surface area contributed by atoms with Crippen LogP contribution in [0, 0.1) is 5.92 Å². The first-order valence-corrected chi connectivity index (χ1v) is 5.49. The van der Waals surface area contributed by atoms with Gasteiger partial charge in [-0.2, -0.15) is 0 Å². The van der Waals surface area contributed by atoms with Crippen LogP contribution in [0.3, 0.4) is 0 Å². The number of thiocarbonyl (C=S) groups is 1. The maximum Gasteiger partial charge on any atom is 0.0730 e. The van der Waals surface area contributed by atoms with Crippen molar-refractivity contribution in [2.24, 2.45) is 11.7 Å². The molecule has 0 saturated carbocycles. The molecule has 1 aromatic carbocycles. The first-order valence-electron chi connectivity index (χ1n) is 5.08. The number of hydrogen-bond acceptors (Lipinski definition) is 2. The topological polar surface area (TPSA) is 35.2 Å². The summed E-state index contributed by atoms with van der Waals surface area (Å²) in [6, 6.07) is 10.1. The standard InChI is InChI=1S/C12H17NOS/c1-10(7-12(13)15)8-14-9-11-5-3-2-4-6-11/h2-6,10H,7-9H2,1H3,(H2,13,15). The Hall–Kier alpha value is -0.930. The van der Waals surface area contributed by atoms with Crippen molar-refractivity contribution in [2.75, 3.05) is 6.61 Å². The van der Waals surface area contributed by atoms with Crippen molar-refractivity contribution >= 4 is 17.2 Å². The molecule has 0 radical (unpaired) electrons. The smallest absolute Gasteiger partial charge is 0.0730 e. The quantitative estimate of drug-likeness (QED) is 0.753. The van der Waals surface area contributed by atoms with E-state index in [4.69, 9.17) is 22.7 Å². The highest BCUT2D eigenvalue weighted by atomic mass is 32.1. The monoisotopic (exact) mass is 223 g/mol. The van der Waals surface area contributed by atoms with Gasteiger partial charge in [0.25, 0.3) is 0 Å². The van der Waals surface area contributed by atoms with E-state index in [1.54, 1.807) is 0 Å². The average molecular weight is 223 g/mol. The molecule has 0 bridgehead atoms. The summed E-state index contributed by atoms with van der Waals surface area (Å²) >= 11 is 4.84. The van der Waals surface area contributed by atoms with E-state index in [1.807, 2.05) is 18.2 Å². The van der Waals surface area contributed by atoms with E-state index in [2.05, 4.69) is 19.1 Å². The summed E-state index contributed by atoms with van der Waals surface area (Å²) < 4.78 is 5.57. The van der Waals surface area contributed by atoms with Gasteiger partial charge in [-0.05, 0) is 11.5 Å². The van der Waals surface area contributed by atoms with E-state index in [0.29, 0.717) is 24.1 Å². The Morgan fingerprint density at radius 2 is 2.07 bits per heavy atom. The second-order valence-electron chi connectivity index (χ2n) is 3.78. The zero-order valence-electron chi connectivity index (χ0n) is 8.98. The molecular weight excluding hydrogens is 206 g/mol. The van der Waals surface area contributed by atoms with Gasteiger partial charge in [0.2, 0.25) is 0 Å². The van der Waals surface area contributed by atoms with E-state index in [0.717, 1.165) is 6.42 Å².